The lowest BCUT2D eigenvalue weighted by atomic mass is 9.80. The number of likely N-dealkylation sites (N-methyl/N-ethyl adjacent to an activating group) is 1. The van der Waals surface area contributed by atoms with Crippen molar-refractivity contribution in [3.05, 3.63) is 92.1 Å². The predicted molar refractivity (Wildman–Crippen MR) is 219 cm³/mol. The van der Waals surface area contributed by atoms with Gasteiger partial charge in [-0.1, -0.05) is 31.4 Å². The molecule has 0 spiro atoms. The number of anilines is 1. The Morgan fingerprint density at radius 1 is 0.855 bits per heavy atom. The first-order chi connectivity index (χ1) is 30.0. The fraction of sp³-hybridized carbons (Fsp3) is 0.364. The molecule has 1 heterocycles. The van der Waals surface area contributed by atoms with E-state index in [1.54, 1.807) is 36.4 Å². The minimum atomic E-state index is -0.725. The van der Waals surface area contributed by atoms with Crippen molar-refractivity contribution in [2.75, 3.05) is 51.0 Å². The van der Waals surface area contributed by atoms with Gasteiger partial charge < -0.3 is 34.1 Å². The van der Waals surface area contributed by atoms with Crippen molar-refractivity contribution in [1.29, 1.82) is 15.8 Å². The fourth-order valence-electron chi connectivity index (χ4n) is 7.05. The third-order valence-electron chi connectivity index (χ3n) is 10.1. The first-order valence-electron chi connectivity index (χ1n) is 19.6. The molecule has 2 N–H and O–H groups in total. The molecule has 0 aromatic heterocycles. The van der Waals surface area contributed by atoms with Gasteiger partial charge in [0, 0.05) is 22.7 Å². The Bertz CT molecular complexity index is 2540. The Kier molecular flexibility index (Phi) is 15.5. The molecule has 0 bridgehead atoms. The van der Waals surface area contributed by atoms with Crippen molar-refractivity contribution in [3.63, 3.8) is 0 Å². The van der Waals surface area contributed by atoms with Crippen LogP contribution in [0.25, 0.3) is 26.7 Å². The number of Topliss-reactive ketones (excluding diaryl/α,β-unsaturated/α-hetero) is 1. The van der Waals surface area contributed by atoms with Gasteiger partial charge in [0.25, 0.3) is 17.3 Å². The molecule has 0 radical (unpaired) electrons. The van der Waals surface area contributed by atoms with E-state index in [4.69, 9.17) is 32.1 Å². The smallest absolute Gasteiger partial charge is 0.306 e. The molecule has 0 unspecified atom stereocenters. The maximum absolute atomic E-state index is 13.3. The summed E-state index contributed by atoms with van der Waals surface area (Å²) >= 11 is 0. The Labute approximate surface area is 356 Å². The second-order valence-electron chi connectivity index (χ2n) is 13.8. The molecule has 3 aliphatic rings. The van der Waals surface area contributed by atoms with Gasteiger partial charge in [-0.25, -0.2) is 25.2 Å². The van der Waals surface area contributed by atoms with Gasteiger partial charge in [0.05, 0.1) is 74.0 Å². The monoisotopic (exact) mass is 840 g/mol. The van der Waals surface area contributed by atoms with Gasteiger partial charge in [-0.2, -0.15) is 10.4 Å². The first-order valence-corrected chi connectivity index (χ1v) is 19.6. The van der Waals surface area contributed by atoms with Crippen molar-refractivity contribution in [3.8, 4) is 29.7 Å². The second kappa shape index (κ2) is 21.3. The number of carbonyl (C=O) groups excluding carboxylic acids is 4. The standard InChI is InChI=1S/C44H40N8O10/c1-4-51(28-12-10-27(11-13-28)39-42(56)41(43(39)57)40-34(26-47)50-52(44(40)58)29-8-6-5-7-9-29)16-18-61-37(54)14-15-38(55)62-21-20-60-36-23-30(32(24-45)48-2)35(59-19-17-53)22-31(36)33(25-46)49-3/h10-13,22-23,29,53,56H,4-9,14-21H2,1H3/b32-30+,33-31-,41-40?. The number of benzene rings is 2. The highest BCUT2D eigenvalue weighted by Crippen LogP contribution is 2.41. The second-order valence-corrected chi connectivity index (χ2v) is 13.8. The van der Waals surface area contributed by atoms with E-state index in [0.717, 1.165) is 37.8 Å². The number of ether oxygens (including phenoxy) is 4. The molecule has 1 amide bonds. The number of nitrogens with zero attached hydrogens (tertiary/aromatic N) is 8. The number of hydrogen-bond donors (Lipinski definition) is 2. The highest BCUT2D eigenvalue weighted by molar-refractivity contribution is 6.45. The molecule has 0 atom stereocenters. The molecule has 18 nitrogen and oxygen atoms in total. The molecule has 1 fully saturated rings. The summed E-state index contributed by atoms with van der Waals surface area (Å²) in [5.41, 5.74) is -0.133. The van der Waals surface area contributed by atoms with E-state index in [-0.39, 0.29) is 113 Å². The summed E-state index contributed by atoms with van der Waals surface area (Å²) in [6.45, 7) is 16.3. The summed E-state index contributed by atoms with van der Waals surface area (Å²) < 4.78 is 21.6. The van der Waals surface area contributed by atoms with Crippen LogP contribution in [-0.2, 0) is 28.7 Å². The van der Waals surface area contributed by atoms with Crippen molar-refractivity contribution in [2.45, 2.75) is 57.9 Å². The van der Waals surface area contributed by atoms with E-state index in [9.17, 15) is 45.2 Å². The summed E-state index contributed by atoms with van der Waals surface area (Å²) in [4.78, 5) is 59.7. The summed E-state index contributed by atoms with van der Waals surface area (Å²) in [6, 6.07) is 14.5. The van der Waals surface area contributed by atoms with Crippen LogP contribution in [-0.4, -0.2) is 96.7 Å². The molecule has 1 saturated carbocycles. The number of nitriles is 3. The number of allylic oxidation sites excluding steroid dienone is 2. The van der Waals surface area contributed by atoms with Crippen LogP contribution < -0.4 is 24.8 Å². The van der Waals surface area contributed by atoms with Crippen LogP contribution in [0.5, 0.6) is 11.5 Å². The zero-order valence-corrected chi connectivity index (χ0v) is 33.7. The summed E-state index contributed by atoms with van der Waals surface area (Å²) in [5, 5.41) is 54.3. The quantitative estimate of drug-likeness (QED) is 0.101. The first kappa shape index (κ1) is 45.1. The molecule has 316 valence electrons. The van der Waals surface area contributed by atoms with Gasteiger partial charge in [0.1, 0.15) is 49.8 Å². The van der Waals surface area contributed by atoms with Crippen molar-refractivity contribution in [1.82, 2.24) is 5.01 Å². The summed E-state index contributed by atoms with van der Waals surface area (Å²) in [5.74, 6) is -2.93. The van der Waals surface area contributed by atoms with E-state index < -0.39 is 23.6 Å². The van der Waals surface area contributed by atoms with E-state index in [1.165, 1.54) is 17.1 Å². The topological polar surface area (TPSA) is 245 Å². The lowest BCUT2D eigenvalue weighted by Crippen LogP contribution is -2.36. The maximum Gasteiger partial charge on any atom is 0.306 e. The maximum atomic E-state index is 13.3. The molecule has 2 aromatic rings. The number of ketones is 1. The summed E-state index contributed by atoms with van der Waals surface area (Å²) in [7, 11) is 0. The number of hydrazone groups is 1. The van der Waals surface area contributed by atoms with E-state index >= 15 is 0 Å². The number of rotatable bonds is 17. The van der Waals surface area contributed by atoms with Crippen molar-refractivity contribution >= 4 is 52.0 Å². The molecule has 18 heteroatoms. The number of esters is 2. The normalized spacial score (nSPS) is 16.9. The molecule has 2 aromatic carbocycles. The molecule has 0 saturated heterocycles. The molecular weight excluding hydrogens is 801 g/mol. The fourth-order valence-corrected chi connectivity index (χ4v) is 7.05. The van der Waals surface area contributed by atoms with Gasteiger partial charge in [-0.05, 0) is 49.6 Å². The minimum Gasteiger partial charge on any atom is -0.506 e. The Morgan fingerprint density at radius 2 is 1.44 bits per heavy atom. The van der Waals surface area contributed by atoms with Crippen LogP contribution in [0.2, 0.25) is 0 Å². The zero-order chi connectivity index (χ0) is 44.8. The number of hydrogen-bond acceptors (Lipinski definition) is 15. The van der Waals surface area contributed by atoms with Gasteiger partial charge in [0.15, 0.2) is 5.71 Å². The number of aliphatic hydroxyl groups excluding tert-OH is 2. The van der Waals surface area contributed by atoms with Gasteiger partial charge in [-0.3, -0.25) is 19.2 Å². The highest BCUT2D eigenvalue weighted by atomic mass is 16.6. The average molecular weight is 841 g/mol. The van der Waals surface area contributed by atoms with Crippen LogP contribution in [0, 0.1) is 47.1 Å². The van der Waals surface area contributed by atoms with Crippen LogP contribution >= 0.6 is 0 Å². The number of aliphatic hydroxyl groups is 2. The van der Waals surface area contributed by atoms with Crippen LogP contribution in [0.15, 0.2) is 58.4 Å². The highest BCUT2D eigenvalue weighted by Gasteiger charge is 2.45. The minimum absolute atomic E-state index is 0.00321. The Hall–Kier alpha value is -7.98. The summed E-state index contributed by atoms with van der Waals surface area (Å²) in [6.07, 6.45) is 3.87. The third kappa shape index (κ3) is 10.1. The van der Waals surface area contributed by atoms with E-state index in [2.05, 4.69) is 14.8 Å². The number of amides is 1. The van der Waals surface area contributed by atoms with Crippen LogP contribution in [0.4, 0.5) is 5.69 Å². The molecule has 5 rings (SSSR count). The lowest BCUT2D eigenvalue weighted by Gasteiger charge is -2.28. The Balaban J connectivity index is 1.10. The zero-order valence-electron chi connectivity index (χ0n) is 33.7. The van der Waals surface area contributed by atoms with Crippen molar-refractivity contribution in [2.24, 2.45) is 5.10 Å². The van der Waals surface area contributed by atoms with E-state index in [1.807, 2.05) is 17.9 Å². The lowest BCUT2D eigenvalue weighted by molar-refractivity contribution is -0.150. The average Bonchev–Trinajstić information content (AvgIpc) is 3.61. The SMILES string of the molecule is [C-]#[N+]/C(C#N)=c1/cc(OCCO)/c(=C(\C#N)[N+]#[C-])cc1OCCOC(=O)CCC(=O)OCCN(CC)c1ccc(C2=C(O)C(=C3C(=O)N(C4CCCCC4)N=C3C#N)C2=O)cc1. The Morgan fingerprint density at radius 3 is 1.95 bits per heavy atom. The molecular formula is C44H40N8O10. The van der Waals surface area contributed by atoms with Crippen LogP contribution in [0.3, 0.4) is 0 Å². The predicted octanol–water partition coefficient (Wildman–Crippen LogP) is 3.13. The van der Waals surface area contributed by atoms with E-state index in [0.29, 0.717) is 18.7 Å². The molecule has 1 aliphatic heterocycles. The van der Waals surface area contributed by atoms with Gasteiger partial charge >= 0.3 is 11.9 Å². The van der Waals surface area contributed by atoms with Crippen molar-refractivity contribution < 1.29 is 48.3 Å². The van der Waals surface area contributed by atoms with Crippen LogP contribution in [0.1, 0.15) is 57.4 Å². The largest absolute Gasteiger partial charge is 0.506 e. The van der Waals surface area contributed by atoms with Gasteiger partial charge in [-0.15, -0.1) is 0 Å². The third-order valence-corrected chi connectivity index (χ3v) is 10.1. The molecule has 62 heavy (non-hydrogen) atoms. The van der Waals surface area contributed by atoms with Gasteiger partial charge in [0.2, 0.25) is 5.78 Å². The molecule has 2 aliphatic carbocycles. The number of carbonyl (C=O) groups is 4.